The van der Waals surface area contributed by atoms with Gasteiger partial charge in [-0.15, -0.1) is 11.6 Å². The van der Waals surface area contributed by atoms with E-state index in [-0.39, 0.29) is 0 Å². The first kappa shape index (κ1) is 9.42. The lowest BCUT2D eigenvalue weighted by molar-refractivity contribution is 1.12. The Morgan fingerprint density at radius 2 is 2.19 bits per heavy atom. The van der Waals surface area contributed by atoms with Gasteiger partial charge >= 0.3 is 0 Å². The molecule has 0 bridgehead atoms. The van der Waals surface area contributed by atoms with Gasteiger partial charge < -0.3 is 9.97 Å². The van der Waals surface area contributed by atoms with Crippen molar-refractivity contribution in [1.29, 1.82) is 0 Å². The first-order valence-electron chi connectivity index (χ1n) is 4.90. The van der Waals surface area contributed by atoms with Gasteiger partial charge in [0.1, 0.15) is 5.82 Å². The molecule has 2 heterocycles. The molecule has 1 aromatic carbocycles. The zero-order valence-corrected chi connectivity index (χ0v) is 9.12. The van der Waals surface area contributed by atoms with E-state index in [2.05, 4.69) is 19.9 Å². The van der Waals surface area contributed by atoms with Crippen LogP contribution in [0.4, 0.5) is 0 Å². The van der Waals surface area contributed by atoms with Gasteiger partial charge in [0.25, 0.3) is 0 Å². The zero-order valence-electron chi connectivity index (χ0n) is 8.37. The number of aromatic amines is 2. The van der Waals surface area contributed by atoms with Crippen molar-refractivity contribution < 1.29 is 0 Å². The number of nitrogens with zero attached hydrogens (tertiary/aromatic N) is 2. The number of nitrogens with one attached hydrogen (secondary N) is 2. The molecule has 0 aliphatic heterocycles. The number of H-pyrrole nitrogens is 2. The molecule has 0 atom stereocenters. The fourth-order valence-electron chi connectivity index (χ4n) is 1.68. The summed E-state index contributed by atoms with van der Waals surface area (Å²) in [4.78, 5) is 14.6. The Morgan fingerprint density at radius 3 is 3.00 bits per heavy atom. The van der Waals surface area contributed by atoms with E-state index in [4.69, 9.17) is 11.6 Å². The van der Waals surface area contributed by atoms with Crippen LogP contribution in [0, 0.1) is 0 Å². The van der Waals surface area contributed by atoms with Crippen molar-refractivity contribution in [3.8, 4) is 11.3 Å². The van der Waals surface area contributed by atoms with E-state index >= 15 is 0 Å². The maximum atomic E-state index is 5.70. The van der Waals surface area contributed by atoms with Gasteiger partial charge in [-0.25, -0.2) is 9.97 Å². The highest BCUT2D eigenvalue weighted by Gasteiger charge is 2.04. The summed E-state index contributed by atoms with van der Waals surface area (Å²) in [6, 6.07) is 6.02. The molecule has 0 fully saturated rings. The third kappa shape index (κ3) is 1.47. The molecule has 2 aromatic heterocycles. The largest absolute Gasteiger partial charge is 0.345 e. The van der Waals surface area contributed by atoms with Gasteiger partial charge in [-0.05, 0) is 12.1 Å². The molecule has 0 aliphatic rings. The number of fused-ring (bicyclic) bond motifs is 1. The number of imidazole rings is 2. The highest BCUT2D eigenvalue weighted by atomic mass is 35.5. The summed E-state index contributed by atoms with van der Waals surface area (Å²) in [7, 11) is 0. The van der Waals surface area contributed by atoms with Crippen LogP contribution in [0.25, 0.3) is 22.3 Å². The van der Waals surface area contributed by atoms with Crippen molar-refractivity contribution in [3.63, 3.8) is 0 Å². The standard InChI is InChI=1S/C11H9ClN4/c12-4-11-13-5-10(16-11)7-1-2-8-9(3-7)15-6-14-8/h1-3,5-6H,4H2,(H,13,16)(H,14,15). The minimum Gasteiger partial charge on any atom is -0.345 e. The first-order valence-corrected chi connectivity index (χ1v) is 5.43. The van der Waals surface area contributed by atoms with Gasteiger partial charge in [-0.3, -0.25) is 0 Å². The van der Waals surface area contributed by atoms with Crippen LogP contribution in [0.1, 0.15) is 5.82 Å². The van der Waals surface area contributed by atoms with Crippen LogP contribution in [0.15, 0.2) is 30.7 Å². The van der Waals surface area contributed by atoms with E-state index in [0.717, 1.165) is 28.1 Å². The van der Waals surface area contributed by atoms with Gasteiger partial charge in [0, 0.05) is 5.56 Å². The molecular formula is C11H9ClN4. The number of halogens is 1. The number of benzene rings is 1. The lowest BCUT2D eigenvalue weighted by atomic mass is 10.1. The van der Waals surface area contributed by atoms with Crippen molar-refractivity contribution >= 4 is 22.6 Å². The Hall–Kier alpha value is -1.81. The van der Waals surface area contributed by atoms with Crippen LogP contribution in [0.3, 0.4) is 0 Å². The second kappa shape index (κ2) is 3.64. The molecule has 0 saturated heterocycles. The second-order valence-corrected chi connectivity index (χ2v) is 3.78. The fourth-order valence-corrected chi connectivity index (χ4v) is 1.82. The molecule has 16 heavy (non-hydrogen) atoms. The topological polar surface area (TPSA) is 57.4 Å². The number of alkyl halides is 1. The van der Waals surface area contributed by atoms with Crippen molar-refractivity contribution in [3.05, 3.63) is 36.5 Å². The monoisotopic (exact) mass is 232 g/mol. The van der Waals surface area contributed by atoms with Gasteiger partial charge in [0.2, 0.25) is 0 Å². The number of aromatic nitrogens is 4. The van der Waals surface area contributed by atoms with Crippen molar-refractivity contribution in [2.75, 3.05) is 0 Å². The molecular weight excluding hydrogens is 224 g/mol. The molecule has 0 saturated carbocycles. The number of hydrogen-bond donors (Lipinski definition) is 2. The molecule has 0 aliphatic carbocycles. The average molecular weight is 233 g/mol. The Balaban J connectivity index is 2.10. The van der Waals surface area contributed by atoms with Crippen LogP contribution in [0.2, 0.25) is 0 Å². The second-order valence-electron chi connectivity index (χ2n) is 3.51. The molecule has 5 heteroatoms. The van der Waals surface area contributed by atoms with Gasteiger partial charge in [0.15, 0.2) is 0 Å². The van der Waals surface area contributed by atoms with Crippen LogP contribution in [-0.2, 0) is 5.88 Å². The smallest absolute Gasteiger partial charge is 0.121 e. The summed E-state index contributed by atoms with van der Waals surface area (Å²) in [5, 5.41) is 0. The molecule has 3 aromatic rings. The quantitative estimate of drug-likeness (QED) is 0.668. The van der Waals surface area contributed by atoms with Crippen molar-refractivity contribution in [2.45, 2.75) is 5.88 Å². The lowest BCUT2D eigenvalue weighted by Gasteiger charge is -1.97. The normalized spacial score (nSPS) is 11.1. The Bertz CT molecular complexity index is 625. The third-order valence-electron chi connectivity index (χ3n) is 2.49. The lowest BCUT2D eigenvalue weighted by Crippen LogP contribution is -1.81. The summed E-state index contributed by atoms with van der Waals surface area (Å²) in [5.41, 5.74) is 4.01. The summed E-state index contributed by atoms with van der Waals surface area (Å²) in [5.74, 6) is 1.17. The van der Waals surface area contributed by atoms with E-state index in [0.29, 0.717) is 5.88 Å². The van der Waals surface area contributed by atoms with Crippen LogP contribution >= 0.6 is 11.6 Å². The minimum absolute atomic E-state index is 0.395. The maximum Gasteiger partial charge on any atom is 0.121 e. The predicted octanol–water partition coefficient (Wildman–Crippen LogP) is 2.69. The molecule has 3 rings (SSSR count). The zero-order chi connectivity index (χ0) is 11.0. The first-order chi connectivity index (χ1) is 7.86. The van der Waals surface area contributed by atoms with E-state index in [9.17, 15) is 0 Å². The Kier molecular flexibility index (Phi) is 2.15. The molecule has 0 unspecified atom stereocenters. The average Bonchev–Trinajstić information content (AvgIpc) is 2.96. The summed E-state index contributed by atoms with van der Waals surface area (Å²) in [6.45, 7) is 0. The summed E-state index contributed by atoms with van der Waals surface area (Å²) >= 11 is 5.70. The van der Waals surface area contributed by atoms with Gasteiger partial charge in [-0.1, -0.05) is 6.07 Å². The molecule has 80 valence electrons. The van der Waals surface area contributed by atoms with Crippen LogP contribution in [-0.4, -0.2) is 19.9 Å². The molecule has 4 nitrogen and oxygen atoms in total. The van der Waals surface area contributed by atoms with Crippen molar-refractivity contribution in [1.82, 2.24) is 19.9 Å². The highest BCUT2D eigenvalue weighted by Crippen LogP contribution is 2.21. The third-order valence-corrected chi connectivity index (χ3v) is 2.74. The van der Waals surface area contributed by atoms with E-state index in [1.165, 1.54) is 0 Å². The Morgan fingerprint density at radius 1 is 1.25 bits per heavy atom. The van der Waals surface area contributed by atoms with Crippen molar-refractivity contribution in [2.24, 2.45) is 0 Å². The highest BCUT2D eigenvalue weighted by molar-refractivity contribution is 6.16. The molecule has 2 N–H and O–H groups in total. The van der Waals surface area contributed by atoms with E-state index < -0.39 is 0 Å². The van der Waals surface area contributed by atoms with Crippen LogP contribution < -0.4 is 0 Å². The molecule has 0 radical (unpaired) electrons. The molecule has 0 amide bonds. The maximum absolute atomic E-state index is 5.70. The van der Waals surface area contributed by atoms with Crippen LogP contribution in [0.5, 0.6) is 0 Å². The Labute approximate surface area is 96.7 Å². The summed E-state index contributed by atoms with van der Waals surface area (Å²) in [6.07, 6.45) is 3.47. The fraction of sp³-hybridized carbons (Fsp3) is 0.0909. The van der Waals surface area contributed by atoms with Gasteiger partial charge in [-0.2, -0.15) is 0 Å². The molecule has 0 spiro atoms. The summed E-state index contributed by atoms with van der Waals surface area (Å²) < 4.78 is 0. The van der Waals surface area contributed by atoms with E-state index in [1.807, 2.05) is 18.2 Å². The van der Waals surface area contributed by atoms with E-state index in [1.54, 1.807) is 12.5 Å². The van der Waals surface area contributed by atoms with Gasteiger partial charge in [0.05, 0.1) is 35.1 Å². The minimum atomic E-state index is 0.395. The predicted molar refractivity (Wildman–Crippen MR) is 63.2 cm³/mol. The number of rotatable bonds is 2. The SMILES string of the molecule is ClCc1ncc(-c2ccc3nc[nH]c3c2)[nH]1. The number of hydrogen-bond acceptors (Lipinski definition) is 2.